The van der Waals surface area contributed by atoms with Crippen LogP contribution in [0.25, 0.3) is 0 Å². The van der Waals surface area contributed by atoms with Gasteiger partial charge in [-0.05, 0) is 18.8 Å². The molecule has 0 nitrogen and oxygen atoms in total. The predicted molar refractivity (Wildman–Crippen MR) is 52.6 cm³/mol. The fourth-order valence-corrected chi connectivity index (χ4v) is 1.10. The molecule has 0 amide bonds. The molecule has 0 aliphatic heterocycles. The third kappa shape index (κ3) is 3.41. The van der Waals surface area contributed by atoms with E-state index in [1.54, 1.807) is 0 Å². The van der Waals surface area contributed by atoms with E-state index in [0.717, 1.165) is 11.8 Å². The van der Waals surface area contributed by atoms with Gasteiger partial charge in [-0.3, -0.25) is 0 Å². The van der Waals surface area contributed by atoms with Crippen LogP contribution < -0.4 is 0 Å². The molecular formula is C11H20. The number of allylic oxidation sites excluding steroid dienone is 4. The number of rotatable bonds is 0. The van der Waals surface area contributed by atoms with Crippen molar-refractivity contribution in [3.63, 3.8) is 0 Å². The van der Waals surface area contributed by atoms with E-state index >= 15 is 0 Å². The fourth-order valence-electron chi connectivity index (χ4n) is 1.10. The Labute approximate surface area is 71.0 Å². The van der Waals surface area contributed by atoms with E-state index in [9.17, 15) is 0 Å². The van der Waals surface area contributed by atoms with Crippen LogP contribution in [0, 0.1) is 11.8 Å². The highest BCUT2D eigenvalue weighted by molar-refractivity contribution is 5.22. The second-order valence-corrected chi connectivity index (χ2v) is 2.99. The van der Waals surface area contributed by atoms with E-state index in [0.29, 0.717) is 0 Å². The van der Waals surface area contributed by atoms with Crippen LogP contribution in [0.5, 0.6) is 0 Å². The minimum atomic E-state index is 0.730. The van der Waals surface area contributed by atoms with Crippen molar-refractivity contribution in [3.8, 4) is 0 Å². The van der Waals surface area contributed by atoms with E-state index in [1.807, 2.05) is 13.8 Å². The van der Waals surface area contributed by atoms with Crippen molar-refractivity contribution in [2.45, 2.75) is 34.6 Å². The van der Waals surface area contributed by atoms with Gasteiger partial charge in [0.2, 0.25) is 0 Å². The first kappa shape index (κ1) is 10.5. The molecule has 0 aromatic heterocycles. The quantitative estimate of drug-likeness (QED) is 0.495. The summed E-state index contributed by atoms with van der Waals surface area (Å²) in [6, 6.07) is 0. The Balaban J connectivity index is 0.000000461. The molecule has 0 N–H and O–H groups in total. The Hall–Kier alpha value is -0.520. The van der Waals surface area contributed by atoms with Gasteiger partial charge in [-0.15, -0.1) is 0 Å². The largest absolute Gasteiger partial charge is 0.0809 e. The molecule has 1 aliphatic rings. The summed E-state index contributed by atoms with van der Waals surface area (Å²) in [7, 11) is 0. The van der Waals surface area contributed by atoms with E-state index in [4.69, 9.17) is 0 Å². The van der Waals surface area contributed by atoms with Crippen molar-refractivity contribution >= 4 is 0 Å². The van der Waals surface area contributed by atoms with Gasteiger partial charge in [-0.1, -0.05) is 51.5 Å². The van der Waals surface area contributed by atoms with Crippen molar-refractivity contribution in [3.05, 3.63) is 23.8 Å². The van der Waals surface area contributed by atoms with E-state index in [1.165, 1.54) is 5.57 Å². The fraction of sp³-hybridized carbons (Fsp3) is 0.636. The SMILES string of the molecule is CC.CC1=CC(C)C(C)C=C1. The smallest absolute Gasteiger partial charge is 0.0196 e. The van der Waals surface area contributed by atoms with Gasteiger partial charge in [-0.25, -0.2) is 0 Å². The van der Waals surface area contributed by atoms with Crippen LogP contribution in [0.15, 0.2) is 23.8 Å². The minimum Gasteiger partial charge on any atom is -0.0809 e. The molecule has 64 valence electrons. The lowest BCUT2D eigenvalue weighted by atomic mass is 9.89. The van der Waals surface area contributed by atoms with Crippen molar-refractivity contribution in [1.29, 1.82) is 0 Å². The summed E-state index contributed by atoms with van der Waals surface area (Å²) >= 11 is 0. The van der Waals surface area contributed by atoms with Gasteiger partial charge < -0.3 is 0 Å². The lowest BCUT2D eigenvalue weighted by Gasteiger charge is -2.16. The predicted octanol–water partition coefficient (Wildman–Crippen LogP) is 3.80. The molecule has 0 saturated carbocycles. The van der Waals surface area contributed by atoms with E-state index in [2.05, 4.69) is 39.0 Å². The van der Waals surface area contributed by atoms with Gasteiger partial charge in [0.05, 0.1) is 0 Å². The normalized spacial score (nSPS) is 28.6. The summed E-state index contributed by atoms with van der Waals surface area (Å²) in [5.41, 5.74) is 1.40. The highest BCUT2D eigenvalue weighted by Crippen LogP contribution is 2.20. The zero-order valence-electron chi connectivity index (χ0n) is 8.39. The van der Waals surface area contributed by atoms with Gasteiger partial charge >= 0.3 is 0 Å². The first-order valence-electron chi connectivity index (χ1n) is 4.57. The van der Waals surface area contributed by atoms with Crippen molar-refractivity contribution < 1.29 is 0 Å². The van der Waals surface area contributed by atoms with Crippen LogP contribution in [0.2, 0.25) is 0 Å². The molecule has 11 heavy (non-hydrogen) atoms. The van der Waals surface area contributed by atoms with E-state index in [-0.39, 0.29) is 0 Å². The monoisotopic (exact) mass is 152 g/mol. The average molecular weight is 152 g/mol. The van der Waals surface area contributed by atoms with Crippen LogP contribution in [0.4, 0.5) is 0 Å². The van der Waals surface area contributed by atoms with Crippen molar-refractivity contribution in [2.75, 3.05) is 0 Å². The molecule has 0 radical (unpaired) electrons. The number of hydrogen-bond donors (Lipinski definition) is 0. The maximum absolute atomic E-state index is 2.32. The summed E-state index contributed by atoms with van der Waals surface area (Å²) in [6.07, 6.45) is 6.80. The highest BCUT2D eigenvalue weighted by Gasteiger charge is 2.08. The van der Waals surface area contributed by atoms with Crippen LogP contribution in [0.1, 0.15) is 34.6 Å². The van der Waals surface area contributed by atoms with Gasteiger partial charge in [0.25, 0.3) is 0 Å². The zero-order chi connectivity index (χ0) is 8.85. The first-order valence-corrected chi connectivity index (χ1v) is 4.57. The van der Waals surface area contributed by atoms with Crippen LogP contribution in [0.3, 0.4) is 0 Å². The Morgan fingerprint density at radius 2 is 1.64 bits per heavy atom. The molecule has 2 unspecified atom stereocenters. The Morgan fingerprint density at radius 3 is 2.00 bits per heavy atom. The maximum Gasteiger partial charge on any atom is -0.0196 e. The second-order valence-electron chi connectivity index (χ2n) is 2.99. The summed E-state index contributed by atoms with van der Waals surface area (Å²) in [4.78, 5) is 0. The standard InChI is InChI=1S/C9H14.C2H6/c1-7-4-5-8(2)9(3)6-7;1-2/h4-6,8-9H,1-3H3;1-2H3. The van der Waals surface area contributed by atoms with E-state index < -0.39 is 0 Å². The van der Waals surface area contributed by atoms with Gasteiger partial charge in [0, 0.05) is 0 Å². The lowest BCUT2D eigenvalue weighted by molar-refractivity contribution is 0.548. The maximum atomic E-state index is 2.32. The molecule has 2 atom stereocenters. The van der Waals surface area contributed by atoms with Gasteiger partial charge in [0.15, 0.2) is 0 Å². The topological polar surface area (TPSA) is 0 Å². The highest BCUT2D eigenvalue weighted by atomic mass is 14.1. The molecule has 0 heteroatoms. The molecule has 0 saturated heterocycles. The van der Waals surface area contributed by atoms with Crippen molar-refractivity contribution in [1.82, 2.24) is 0 Å². The second kappa shape index (κ2) is 5.17. The Bertz CT molecular complexity index is 151. The summed E-state index contributed by atoms with van der Waals surface area (Å²) < 4.78 is 0. The van der Waals surface area contributed by atoms with Crippen LogP contribution >= 0.6 is 0 Å². The Kier molecular flexibility index (Phi) is 4.93. The van der Waals surface area contributed by atoms with Gasteiger partial charge in [0.1, 0.15) is 0 Å². The molecule has 0 bridgehead atoms. The summed E-state index contributed by atoms with van der Waals surface area (Å²) in [6.45, 7) is 10.7. The third-order valence-electron chi connectivity index (χ3n) is 2.02. The third-order valence-corrected chi connectivity index (χ3v) is 2.02. The molecule has 0 heterocycles. The minimum absolute atomic E-state index is 0.730. The molecular weight excluding hydrogens is 132 g/mol. The van der Waals surface area contributed by atoms with Crippen LogP contribution in [-0.4, -0.2) is 0 Å². The van der Waals surface area contributed by atoms with Crippen LogP contribution in [-0.2, 0) is 0 Å². The molecule has 0 fully saturated rings. The molecule has 0 aromatic rings. The molecule has 0 spiro atoms. The molecule has 1 aliphatic carbocycles. The summed E-state index contributed by atoms with van der Waals surface area (Å²) in [5.74, 6) is 1.46. The average Bonchev–Trinajstić information content (AvgIpc) is 2.02. The number of hydrogen-bond acceptors (Lipinski definition) is 0. The summed E-state index contributed by atoms with van der Waals surface area (Å²) in [5, 5.41) is 0. The first-order chi connectivity index (χ1) is 5.20. The molecule has 1 rings (SSSR count). The molecule has 0 aromatic carbocycles. The lowest BCUT2D eigenvalue weighted by Crippen LogP contribution is -2.05. The zero-order valence-corrected chi connectivity index (χ0v) is 8.39. The van der Waals surface area contributed by atoms with Gasteiger partial charge in [-0.2, -0.15) is 0 Å². The Morgan fingerprint density at radius 1 is 1.09 bits per heavy atom. The van der Waals surface area contributed by atoms with Crippen molar-refractivity contribution in [2.24, 2.45) is 11.8 Å².